The summed E-state index contributed by atoms with van der Waals surface area (Å²) >= 11 is 0. The normalized spacial score (nSPS) is 12.9. The van der Waals surface area contributed by atoms with Crippen molar-refractivity contribution in [3.05, 3.63) is 29.8 Å². The van der Waals surface area contributed by atoms with Crippen molar-refractivity contribution in [3.63, 3.8) is 0 Å². The van der Waals surface area contributed by atoms with Crippen LogP contribution >= 0.6 is 0 Å². The molecule has 0 saturated heterocycles. The van der Waals surface area contributed by atoms with E-state index in [-0.39, 0.29) is 0 Å². The first-order chi connectivity index (χ1) is 7.19. The predicted octanol–water partition coefficient (Wildman–Crippen LogP) is 3.00. The number of hydrogen-bond acceptors (Lipinski definition) is 2. The molecule has 2 heteroatoms. The summed E-state index contributed by atoms with van der Waals surface area (Å²) in [5, 5.41) is 3.49. The van der Waals surface area contributed by atoms with E-state index in [1.54, 1.807) is 7.11 Å². The molecule has 1 N–H and O–H groups in total. The van der Waals surface area contributed by atoms with Gasteiger partial charge in [-0.05, 0) is 30.2 Å². The Kier molecular flexibility index (Phi) is 4.63. The van der Waals surface area contributed by atoms with Gasteiger partial charge >= 0.3 is 0 Å². The summed E-state index contributed by atoms with van der Waals surface area (Å²) in [5.41, 5.74) is 1.30. The molecule has 1 rings (SSSR count). The first-order valence-corrected chi connectivity index (χ1v) is 5.56. The van der Waals surface area contributed by atoms with Gasteiger partial charge in [0.25, 0.3) is 0 Å². The average Bonchev–Trinajstić information content (AvgIpc) is 2.25. The first kappa shape index (κ1) is 12.1. The monoisotopic (exact) mass is 207 g/mol. The van der Waals surface area contributed by atoms with E-state index in [9.17, 15) is 0 Å². The number of nitrogens with one attached hydrogen (secondary N) is 1. The molecule has 0 amide bonds. The summed E-state index contributed by atoms with van der Waals surface area (Å²) in [6.07, 6.45) is 0. The minimum Gasteiger partial charge on any atom is -0.497 e. The van der Waals surface area contributed by atoms with E-state index in [0.29, 0.717) is 12.0 Å². The van der Waals surface area contributed by atoms with Crippen molar-refractivity contribution >= 4 is 0 Å². The number of hydrogen-bond donors (Lipinski definition) is 1. The minimum atomic E-state index is 0.408. The topological polar surface area (TPSA) is 21.3 Å². The zero-order valence-electron chi connectivity index (χ0n) is 10.1. The second-order valence-corrected chi connectivity index (χ2v) is 4.06. The van der Waals surface area contributed by atoms with E-state index in [1.165, 1.54) is 5.56 Å². The van der Waals surface area contributed by atoms with Gasteiger partial charge in [-0.25, -0.2) is 0 Å². The molecule has 2 nitrogen and oxygen atoms in total. The molecule has 1 aromatic rings. The van der Waals surface area contributed by atoms with Gasteiger partial charge < -0.3 is 10.1 Å². The summed E-state index contributed by atoms with van der Waals surface area (Å²) in [5.74, 6) is 1.51. The Morgan fingerprint density at radius 3 is 2.60 bits per heavy atom. The van der Waals surface area contributed by atoms with Crippen molar-refractivity contribution < 1.29 is 4.74 Å². The Morgan fingerprint density at radius 2 is 2.07 bits per heavy atom. The van der Waals surface area contributed by atoms with Gasteiger partial charge in [-0.1, -0.05) is 32.9 Å². The number of rotatable bonds is 5. The molecule has 0 radical (unpaired) electrons. The van der Waals surface area contributed by atoms with Crippen LogP contribution in [-0.4, -0.2) is 13.7 Å². The van der Waals surface area contributed by atoms with E-state index in [2.05, 4.69) is 38.2 Å². The van der Waals surface area contributed by atoms with E-state index in [0.717, 1.165) is 12.3 Å². The molecular formula is C13H21NO. The Morgan fingerprint density at radius 1 is 1.33 bits per heavy atom. The van der Waals surface area contributed by atoms with E-state index < -0.39 is 0 Å². The van der Waals surface area contributed by atoms with Crippen molar-refractivity contribution in [2.45, 2.75) is 26.8 Å². The fraction of sp³-hybridized carbons (Fsp3) is 0.538. The zero-order valence-corrected chi connectivity index (χ0v) is 10.1. The van der Waals surface area contributed by atoms with Crippen molar-refractivity contribution in [1.29, 1.82) is 0 Å². The predicted molar refractivity (Wildman–Crippen MR) is 64.2 cm³/mol. The maximum Gasteiger partial charge on any atom is 0.119 e. The van der Waals surface area contributed by atoms with Gasteiger partial charge in [-0.3, -0.25) is 0 Å². The van der Waals surface area contributed by atoms with Crippen LogP contribution in [-0.2, 0) is 0 Å². The highest BCUT2D eigenvalue weighted by molar-refractivity contribution is 5.30. The summed E-state index contributed by atoms with van der Waals surface area (Å²) < 4.78 is 5.24. The van der Waals surface area contributed by atoms with Gasteiger partial charge in [0.05, 0.1) is 7.11 Å². The van der Waals surface area contributed by atoms with E-state index in [4.69, 9.17) is 4.74 Å². The molecule has 0 heterocycles. The second-order valence-electron chi connectivity index (χ2n) is 4.06. The van der Waals surface area contributed by atoms with Crippen LogP contribution in [0.5, 0.6) is 5.75 Å². The lowest BCUT2D eigenvalue weighted by atomic mass is 9.96. The van der Waals surface area contributed by atoms with Crippen LogP contribution in [0, 0.1) is 5.92 Å². The molecule has 0 aliphatic rings. The van der Waals surface area contributed by atoms with Gasteiger partial charge in [-0.2, -0.15) is 0 Å². The van der Waals surface area contributed by atoms with Crippen molar-refractivity contribution in [2.24, 2.45) is 5.92 Å². The fourth-order valence-corrected chi connectivity index (χ4v) is 1.79. The highest BCUT2D eigenvalue weighted by Crippen LogP contribution is 2.24. The zero-order chi connectivity index (χ0) is 11.3. The van der Waals surface area contributed by atoms with E-state index in [1.807, 2.05) is 12.1 Å². The number of ether oxygens (including phenoxy) is 1. The van der Waals surface area contributed by atoms with Gasteiger partial charge in [0.1, 0.15) is 5.75 Å². The summed E-state index contributed by atoms with van der Waals surface area (Å²) in [7, 11) is 1.71. The summed E-state index contributed by atoms with van der Waals surface area (Å²) in [6, 6.07) is 8.68. The van der Waals surface area contributed by atoms with Crippen LogP contribution < -0.4 is 10.1 Å². The summed E-state index contributed by atoms with van der Waals surface area (Å²) in [4.78, 5) is 0. The fourth-order valence-electron chi connectivity index (χ4n) is 1.79. The maximum absolute atomic E-state index is 5.24. The molecule has 0 aliphatic carbocycles. The molecule has 0 aliphatic heterocycles. The molecule has 84 valence electrons. The molecule has 1 unspecified atom stereocenters. The quantitative estimate of drug-likeness (QED) is 0.801. The highest BCUT2D eigenvalue weighted by Gasteiger charge is 2.14. The third-order valence-electron chi connectivity index (χ3n) is 2.54. The first-order valence-electron chi connectivity index (χ1n) is 5.56. The molecule has 0 fully saturated rings. The standard InChI is InChI=1S/C13H21NO/c1-5-14-13(10(2)3)11-7-6-8-12(9-11)15-4/h6-10,13-14H,5H2,1-4H3. The lowest BCUT2D eigenvalue weighted by Crippen LogP contribution is -2.25. The van der Waals surface area contributed by atoms with Crippen LogP contribution in [0.2, 0.25) is 0 Å². The smallest absolute Gasteiger partial charge is 0.119 e. The molecule has 0 aromatic heterocycles. The molecular weight excluding hydrogens is 186 g/mol. The van der Waals surface area contributed by atoms with Crippen LogP contribution in [0.3, 0.4) is 0 Å². The van der Waals surface area contributed by atoms with Crippen LogP contribution in [0.4, 0.5) is 0 Å². The Hall–Kier alpha value is -1.02. The lowest BCUT2D eigenvalue weighted by molar-refractivity contribution is 0.403. The van der Waals surface area contributed by atoms with Crippen molar-refractivity contribution in [2.75, 3.05) is 13.7 Å². The molecule has 0 saturated carbocycles. The van der Waals surface area contributed by atoms with Gasteiger partial charge in [-0.15, -0.1) is 0 Å². The SMILES string of the molecule is CCNC(c1cccc(OC)c1)C(C)C. The molecule has 1 atom stereocenters. The Bertz CT molecular complexity index is 296. The molecule has 15 heavy (non-hydrogen) atoms. The van der Waals surface area contributed by atoms with Gasteiger partial charge in [0, 0.05) is 6.04 Å². The van der Waals surface area contributed by atoms with Crippen molar-refractivity contribution in [1.82, 2.24) is 5.32 Å². The average molecular weight is 207 g/mol. The highest BCUT2D eigenvalue weighted by atomic mass is 16.5. The Balaban J connectivity index is 2.89. The third kappa shape index (κ3) is 3.24. The number of benzene rings is 1. The van der Waals surface area contributed by atoms with Crippen molar-refractivity contribution in [3.8, 4) is 5.75 Å². The van der Waals surface area contributed by atoms with E-state index >= 15 is 0 Å². The molecule has 0 spiro atoms. The molecule has 1 aromatic carbocycles. The largest absolute Gasteiger partial charge is 0.497 e. The van der Waals surface area contributed by atoms with Crippen LogP contribution in [0.1, 0.15) is 32.4 Å². The minimum absolute atomic E-state index is 0.408. The van der Waals surface area contributed by atoms with Gasteiger partial charge in [0.2, 0.25) is 0 Å². The van der Waals surface area contributed by atoms with Crippen LogP contribution in [0.25, 0.3) is 0 Å². The maximum atomic E-state index is 5.24. The van der Waals surface area contributed by atoms with Crippen LogP contribution in [0.15, 0.2) is 24.3 Å². The van der Waals surface area contributed by atoms with Gasteiger partial charge in [0.15, 0.2) is 0 Å². The second kappa shape index (κ2) is 5.76. The Labute approximate surface area is 92.6 Å². The lowest BCUT2D eigenvalue weighted by Gasteiger charge is -2.22. The summed E-state index contributed by atoms with van der Waals surface area (Å²) in [6.45, 7) is 7.58. The third-order valence-corrected chi connectivity index (χ3v) is 2.54. The molecule has 0 bridgehead atoms. The number of methoxy groups -OCH3 is 1.